The molecule has 0 atom stereocenters. The van der Waals surface area contributed by atoms with E-state index in [1.54, 1.807) is 0 Å². The van der Waals surface area contributed by atoms with Gasteiger partial charge in [0.2, 0.25) is 5.03 Å². The van der Waals surface area contributed by atoms with Gasteiger partial charge in [-0.3, -0.25) is 0 Å². The summed E-state index contributed by atoms with van der Waals surface area (Å²) < 4.78 is 2.18. The number of hydrogen-bond acceptors (Lipinski definition) is 1. The zero-order chi connectivity index (χ0) is 12.6. The molecule has 0 fully saturated rings. The molecular formula is C16H20BrNS. The Morgan fingerprint density at radius 3 is 2.42 bits per heavy atom. The topological polar surface area (TPSA) is 3.88 Å². The number of hydrogen-bond donors (Lipinski definition) is 0. The highest BCUT2D eigenvalue weighted by Gasteiger charge is 2.04. The van der Waals surface area contributed by atoms with Crippen molar-refractivity contribution in [1.82, 2.24) is 0 Å². The fourth-order valence-corrected chi connectivity index (χ4v) is 2.91. The fraction of sp³-hybridized carbons (Fsp3) is 0.312. The van der Waals surface area contributed by atoms with E-state index in [1.807, 2.05) is 11.8 Å². The van der Waals surface area contributed by atoms with E-state index >= 15 is 0 Å². The Morgan fingerprint density at radius 2 is 1.68 bits per heavy atom. The maximum absolute atomic E-state index is 2.21. The van der Waals surface area contributed by atoms with Crippen LogP contribution in [0.1, 0.15) is 18.4 Å². The van der Waals surface area contributed by atoms with Gasteiger partial charge >= 0.3 is 0 Å². The molecule has 0 aliphatic carbocycles. The van der Waals surface area contributed by atoms with Gasteiger partial charge in [-0.2, -0.15) is 4.57 Å². The minimum atomic E-state index is 0. The van der Waals surface area contributed by atoms with Crippen molar-refractivity contribution < 1.29 is 21.5 Å². The van der Waals surface area contributed by atoms with Crippen molar-refractivity contribution in [3.8, 4) is 0 Å². The predicted molar refractivity (Wildman–Crippen MR) is 77.7 cm³/mol. The van der Waals surface area contributed by atoms with Crippen molar-refractivity contribution in [3.05, 3.63) is 60.3 Å². The molecule has 0 aliphatic rings. The van der Waals surface area contributed by atoms with Crippen molar-refractivity contribution >= 4 is 11.8 Å². The number of thioether (sulfide) groups is 1. The van der Waals surface area contributed by atoms with E-state index in [4.69, 9.17) is 0 Å². The van der Waals surface area contributed by atoms with Crippen LogP contribution in [0.2, 0.25) is 0 Å². The SMILES string of the molecule is C[n+]1ccccc1SCCCCc1ccccc1.[Br-]. The normalized spacial score (nSPS) is 9.95. The lowest BCUT2D eigenvalue weighted by Crippen LogP contribution is -3.00. The Labute approximate surface area is 130 Å². The summed E-state index contributed by atoms with van der Waals surface area (Å²) in [6, 6.07) is 17.1. The van der Waals surface area contributed by atoms with Gasteiger partial charge in [0.05, 0.1) is 0 Å². The predicted octanol–water partition coefficient (Wildman–Crippen LogP) is 0.630. The van der Waals surface area contributed by atoms with E-state index in [1.165, 1.54) is 35.6 Å². The number of unbranched alkanes of at least 4 members (excludes halogenated alkanes) is 1. The molecule has 0 saturated heterocycles. The molecule has 1 heterocycles. The highest BCUT2D eigenvalue weighted by Crippen LogP contribution is 2.15. The lowest BCUT2D eigenvalue weighted by atomic mass is 10.1. The molecule has 3 heteroatoms. The number of rotatable bonds is 6. The number of halogens is 1. The van der Waals surface area contributed by atoms with Gasteiger partial charge in [0, 0.05) is 17.9 Å². The van der Waals surface area contributed by atoms with Crippen LogP contribution in [0.3, 0.4) is 0 Å². The summed E-state index contributed by atoms with van der Waals surface area (Å²) in [5, 5.41) is 1.34. The molecule has 0 spiro atoms. The molecule has 2 aromatic rings. The van der Waals surface area contributed by atoms with E-state index < -0.39 is 0 Å². The number of benzene rings is 1. The first-order chi connectivity index (χ1) is 8.86. The maximum atomic E-state index is 2.21. The van der Waals surface area contributed by atoms with Crippen molar-refractivity contribution in [1.29, 1.82) is 0 Å². The zero-order valence-electron chi connectivity index (χ0n) is 11.3. The lowest BCUT2D eigenvalue weighted by Gasteiger charge is -2.01. The summed E-state index contributed by atoms with van der Waals surface area (Å²) >= 11 is 1.95. The summed E-state index contributed by atoms with van der Waals surface area (Å²) in [5.41, 5.74) is 1.45. The third-order valence-electron chi connectivity index (χ3n) is 2.96. The second-order valence-electron chi connectivity index (χ2n) is 4.44. The van der Waals surface area contributed by atoms with Gasteiger partial charge in [0.1, 0.15) is 7.05 Å². The molecule has 0 radical (unpaired) electrons. The smallest absolute Gasteiger partial charge is 0.239 e. The Morgan fingerprint density at radius 1 is 0.947 bits per heavy atom. The van der Waals surface area contributed by atoms with Gasteiger partial charge in [-0.25, -0.2) is 0 Å². The van der Waals surface area contributed by atoms with E-state index in [0.29, 0.717) is 0 Å². The molecule has 0 amide bonds. The molecule has 2 rings (SSSR count). The first-order valence-electron chi connectivity index (χ1n) is 6.47. The first-order valence-corrected chi connectivity index (χ1v) is 7.46. The van der Waals surface area contributed by atoms with E-state index in [0.717, 1.165) is 0 Å². The summed E-state index contributed by atoms with van der Waals surface area (Å²) in [5.74, 6) is 1.20. The average molecular weight is 338 g/mol. The Balaban J connectivity index is 0.00000180. The molecule has 0 N–H and O–H groups in total. The minimum absolute atomic E-state index is 0. The second kappa shape index (κ2) is 9.16. The Hall–Kier alpha value is -0.800. The summed E-state index contributed by atoms with van der Waals surface area (Å²) in [4.78, 5) is 0. The molecule has 1 aromatic carbocycles. The number of aryl methyl sites for hydroxylation is 2. The van der Waals surface area contributed by atoms with Crippen LogP contribution < -0.4 is 21.5 Å². The number of nitrogens with zero attached hydrogens (tertiary/aromatic N) is 1. The van der Waals surface area contributed by atoms with Crippen LogP contribution in [-0.2, 0) is 13.5 Å². The zero-order valence-corrected chi connectivity index (χ0v) is 13.7. The highest BCUT2D eigenvalue weighted by molar-refractivity contribution is 7.99. The van der Waals surface area contributed by atoms with Gasteiger partial charge < -0.3 is 17.0 Å². The quantitative estimate of drug-likeness (QED) is 0.425. The molecule has 0 saturated carbocycles. The molecule has 0 bridgehead atoms. The number of aromatic nitrogens is 1. The molecule has 1 aromatic heterocycles. The molecule has 1 nitrogen and oxygen atoms in total. The third kappa shape index (κ3) is 5.79. The van der Waals surface area contributed by atoms with Gasteiger partial charge in [0.25, 0.3) is 0 Å². The van der Waals surface area contributed by atoms with Crippen LogP contribution in [0.4, 0.5) is 0 Å². The third-order valence-corrected chi connectivity index (χ3v) is 4.17. The van der Waals surface area contributed by atoms with Crippen LogP contribution in [0, 0.1) is 0 Å². The Bertz CT molecular complexity index is 473. The van der Waals surface area contributed by atoms with Crippen LogP contribution >= 0.6 is 11.8 Å². The summed E-state index contributed by atoms with van der Waals surface area (Å²) in [6.07, 6.45) is 5.84. The van der Waals surface area contributed by atoms with Crippen LogP contribution in [0.25, 0.3) is 0 Å². The lowest BCUT2D eigenvalue weighted by molar-refractivity contribution is -0.708. The van der Waals surface area contributed by atoms with Crippen LogP contribution in [-0.4, -0.2) is 5.75 Å². The monoisotopic (exact) mass is 337 g/mol. The van der Waals surface area contributed by atoms with Crippen LogP contribution in [0.15, 0.2) is 59.8 Å². The molecule has 19 heavy (non-hydrogen) atoms. The van der Waals surface area contributed by atoms with Gasteiger partial charge in [-0.15, -0.1) is 0 Å². The van der Waals surface area contributed by atoms with Crippen molar-refractivity contribution in [2.24, 2.45) is 7.05 Å². The van der Waals surface area contributed by atoms with Gasteiger partial charge in [-0.05, 0) is 30.9 Å². The summed E-state index contributed by atoms with van der Waals surface area (Å²) in [7, 11) is 2.10. The molecule has 0 unspecified atom stereocenters. The molecule has 102 valence electrons. The number of pyridine rings is 1. The van der Waals surface area contributed by atoms with Crippen molar-refractivity contribution in [3.63, 3.8) is 0 Å². The summed E-state index contributed by atoms with van der Waals surface area (Å²) in [6.45, 7) is 0. The minimum Gasteiger partial charge on any atom is -1.00 e. The Kier molecular flexibility index (Phi) is 7.84. The first kappa shape index (κ1) is 16.3. The molecule has 0 aliphatic heterocycles. The fourth-order valence-electron chi connectivity index (χ4n) is 1.91. The highest BCUT2D eigenvalue weighted by atomic mass is 79.9. The van der Waals surface area contributed by atoms with Crippen molar-refractivity contribution in [2.45, 2.75) is 24.3 Å². The van der Waals surface area contributed by atoms with E-state index in [9.17, 15) is 0 Å². The average Bonchev–Trinajstić information content (AvgIpc) is 2.42. The van der Waals surface area contributed by atoms with E-state index in [-0.39, 0.29) is 17.0 Å². The van der Waals surface area contributed by atoms with Gasteiger partial charge in [0.15, 0.2) is 6.20 Å². The standard InChI is InChI=1S/C16H20NS.BrH/c1-17-13-7-5-12-16(17)18-14-8-6-11-15-9-3-2-4-10-15;/h2-5,7,9-10,12-13H,6,8,11,14H2,1H3;1H/q+1;/p-1. The van der Waals surface area contributed by atoms with Crippen molar-refractivity contribution in [2.75, 3.05) is 5.75 Å². The largest absolute Gasteiger partial charge is 1.00 e. The second-order valence-corrected chi connectivity index (χ2v) is 5.56. The van der Waals surface area contributed by atoms with Gasteiger partial charge in [-0.1, -0.05) is 42.1 Å². The molecular weight excluding hydrogens is 318 g/mol. The van der Waals surface area contributed by atoms with E-state index in [2.05, 4.69) is 66.3 Å². The van der Waals surface area contributed by atoms with Crippen LogP contribution in [0.5, 0.6) is 0 Å². The maximum Gasteiger partial charge on any atom is 0.239 e.